The second-order valence-corrected chi connectivity index (χ2v) is 43.5. The third-order valence-electron chi connectivity index (χ3n) is 25.2. The van der Waals surface area contributed by atoms with Gasteiger partial charge in [-0.3, -0.25) is 0 Å². The molecular weight excluding hydrogens is 1300 g/mol. The van der Waals surface area contributed by atoms with E-state index in [1.165, 1.54) is 199 Å². The van der Waals surface area contributed by atoms with Crippen molar-refractivity contribution in [1.29, 1.82) is 0 Å². The van der Waals surface area contributed by atoms with Crippen molar-refractivity contribution in [3.63, 3.8) is 0 Å². The van der Waals surface area contributed by atoms with E-state index in [4.69, 9.17) is 0 Å². The number of hydrogen-bond acceptors (Lipinski definition) is 2. The Morgan fingerprint density at radius 1 is 0.213 bits per heavy atom. The van der Waals surface area contributed by atoms with Crippen LogP contribution in [0.15, 0.2) is 170 Å². The Bertz CT molecular complexity index is 5340. The number of para-hydroxylation sites is 2. The maximum absolute atomic E-state index is 2.82. The van der Waals surface area contributed by atoms with Gasteiger partial charge in [0.15, 0.2) is 0 Å². The monoisotopic (exact) mass is 1420 g/mol. The van der Waals surface area contributed by atoms with E-state index < -0.39 is 0 Å². The predicted octanol–water partition coefficient (Wildman–Crippen LogP) is 25.5. The fourth-order valence-corrected chi connectivity index (χ4v) is 19.0. The molecule has 0 saturated carbocycles. The maximum atomic E-state index is 2.82. The summed E-state index contributed by atoms with van der Waals surface area (Å²) >= 11 is 0. The van der Waals surface area contributed by atoms with Crippen molar-refractivity contribution in [1.82, 2.24) is 0 Å². The van der Waals surface area contributed by atoms with E-state index in [2.05, 4.69) is 387 Å². The molecule has 0 spiro atoms. The number of benzene rings is 12. The largest absolute Gasteiger partial charge is 0.311 e. The van der Waals surface area contributed by atoms with E-state index in [-0.39, 0.29) is 67.6 Å². The predicted molar refractivity (Wildman–Crippen MR) is 478 cm³/mol. The van der Waals surface area contributed by atoms with Crippen LogP contribution in [0.25, 0.3) is 76.8 Å². The van der Waals surface area contributed by atoms with Crippen molar-refractivity contribution in [3.05, 3.63) is 225 Å². The lowest BCUT2D eigenvalue weighted by Gasteiger charge is -2.44. The Balaban J connectivity index is 1.23. The number of hydrogen-bond donors (Lipinski definition) is 0. The van der Waals surface area contributed by atoms with Gasteiger partial charge in [0.05, 0.1) is 0 Å². The summed E-state index contributed by atoms with van der Waals surface area (Å²) in [5, 5.41) is 8.26. The molecule has 0 bridgehead atoms. The average molecular weight is 1420 g/mol. The van der Waals surface area contributed by atoms with E-state index in [1.807, 2.05) is 0 Å². The molecule has 12 aromatic carbocycles. The molecule has 4 aliphatic rings. The first-order chi connectivity index (χ1) is 49.9. The summed E-state index contributed by atoms with van der Waals surface area (Å²) in [7, 11) is 0. The highest BCUT2D eigenvalue weighted by Crippen LogP contribution is 2.58. The van der Waals surface area contributed by atoms with Crippen molar-refractivity contribution in [2.75, 3.05) is 9.80 Å². The van der Waals surface area contributed by atoms with E-state index in [0.29, 0.717) is 0 Å². The van der Waals surface area contributed by atoms with Gasteiger partial charge in [0.1, 0.15) is 0 Å². The van der Waals surface area contributed by atoms with Gasteiger partial charge in [0, 0.05) is 34.1 Å². The number of rotatable bonds is 4. The first-order valence-corrected chi connectivity index (χ1v) is 40.5. The molecule has 0 fully saturated rings. The molecule has 0 radical (unpaired) electrons. The third-order valence-corrected chi connectivity index (χ3v) is 25.2. The Labute approximate surface area is 650 Å². The smallest absolute Gasteiger partial charge is 0.248 e. The number of fused-ring (bicyclic) bond motifs is 8. The van der Waals surface area contributed by atoms with Crippen LogP contribution < -0.4 is 42.6 Å². The van der Waals surface area contributed by atoms with Crippen molar-refractivity contribution >= 4 is 113 Å². The first kappa shape index (κ1) is 73.5. The van der Waals surface area contributed by atoms with Crippen molar-refractivity contribution in [3.8, 4) is 44.5 Å². The maximum Gasteiger partial charge on any atom is 0.248 e. The van der Waals surface area contributed by atoms with E-state index in [0.717, 1.165) is 0 Å². The Morgan fingerprint density at radius 3 is 0.769 bits per heavy atom. The molecule has 0 N–H and O–H groups in total. The Kier molecular flexibility index (Phi) is 16.0. The SMILES string of the molecule is CC(C)(C)c1ccc2c(c1)N(c1ccccc1)c1cc(C(C)(C)C)cc3c1B2c1cc2c(-c4c(C(C)(C)C)cc(C(C)(C)C)cc4C(C)(C)C)cc4c5c(cc6c(-c7c(C(C)(C)C)cc(C(C)(C)C)cc7C(C)(C)C)cc-3c1c6c25)B1c2ccc(C(C)(C)C)cc2N(c2ccccc2)c2cc(C(C)(C)C)cc-4c21. The molecule has 12 aromatic rings. The topological polar surface area (TPSA) is 6.48 Å². The highest BCUT2D eigenvalue weighted by atomic mass is 15.2. The molecule has 0 aliphatic carbocycles. The summed E-state index contributed by atoms with van der Waals surface area (Å²) < 4.78 is 0. The summed E-state index contributed by atoms with van der Waals surface area (Å²) in [6, 6.07) is 70.2. The van der Waals surface area contributed by atoms with Crippen LogP contribution in [0.3, 0.4) is 0 Å². The van der Waals surface area contributed by atoms with Crippen LogP contribution in [0.2, 0.25) is 0 Å². The second kappa shape index (κ2) is 23.5. The minimum Gasteiger partial charge on any atom is -0.311 e. The fourth-order valence-electron chi connectivity index (χ4n) is 19.0. The molecule has 2 nitrogen and oxygen atoms in total. The molecule has 4 aliphatic heterocycles. The molecule has 550 valence electrons. The highest BCUT2D eigenvalue weighted by Gasteiger charge is 2.49. The quantitative estimate of drug-likeness (QED) is 0.128. The highest BCUT2D eigenvalue weighted by molar-refractivity contribution is 7.02. The number of nitrogens with zero attached hydrogens (tertiary/aromatic N) is 2. The minimum absolute atomic E-state index is 0.104. The molecule has 4 heteroatoms. The lowest BCUT2D eigenvalue weighted by molar-refractivity contribution is 0.550. The normalized spacial score (nSPS) is 14.7. The van der Waals surface area contributed by atoms with Gasteiger partial charge < -0.3 is 9.80 Å². The molecule has 4 heterocycles. The zero-order chi connectivity index (χ0) is 77.9. The number of anilines is 6. The fraction of sp³-hybridized carbons (Fsp3) is 0.385. The summed E-state index contributed by atoms with van der Waals surface area (Å²) in [5.41, 5.74) is 38.4. The third kappa shape index (κ3) is 11.4. The molecule has 0 aromatic heterocycles. The standard InChI is InChI=1S/C104H118B2N2/c1-95(2,3)59-41-43-79-83(51-59)107(65-37-33-31-34-38-65)85-53-61(97(7,8)9)45-73-69-55-68(88-77(103(25,26)27)49-64(100(16,17)18)50-78(88)104(28,29)30)72-58-82-90-70(74-46-62(98(10,11)12)54-86-94(74)106(82)80-44-42-60(96(4,5)6)52-84(80)108(86)66-39-35-32-36-40-66)56-67(71-57-81(105(79)93(73)85)89(69)91(72)92(71)90)87-75(101(19,20)21)47-63(99(13,14)15)48-76(87)102(22,23)24/h31-58H,1-30H3. The molecule has 16 rings (SSSR count). The van der Waals surface area contributed by atoms with Crippen molar-refractivity contribution in [2.45, 2.75) is 262 Å². The van der Waals surface area contributed by atoms with Crippen LogP contribution in [0.5, 0.6) is 0 Å². The summed E-state index contributed by atoms with van der Waals surface area (Å²) in [4.78, 5) is 5.33. The van der Waals surface area contributed by atoms with Gasteiger partial charge in [-0.15, -0.1) is 0 Å². The zero-order valence-corrected chi connectivity index (χ0v) is 71.2. The van der Waals surface area contributed by atoms with Crippen LogP contribution in [0.1, 0.15) is 263 Å². The van der Waals surface area contributed by atoms with Gasteiger partial charge in [0.2, 0.25) is 13.4 Å². The van der Waals surface area contributed by atoms with Crippen LogP contribution in [-0.2, 0) is 54.1 Å². The first-order valence-electron chi connectivity index (χ1n) is 40.5. The molecule has 0 unspecified atom stereocenters. The lowest BCUT2D eigenvalue weighted by atomic mass is 9.31. The van der Waals surface area contributed by atoms with Gasteiger partial charge in [-0.1, -0.05) is 328 Å². The van der Waals surface area contributed by atoms with Crippen LogP contribution in [0, 0.1) is 0 Å². The van der Waals surface area contributed by atoms with Crippen LogP contribution in [0.4, 0.5) is 34.1 Å². The Hall–Kier alpha value is -8.59. The summed E-state index contributed by atoms with van der Waals surface area (Å²) in [6.45, 7) is 73.0. The van der Waals surface area contributed by atoms with Crippen molar-refractivity contribution in [2.24, 2.45) is 0 Å². The lowest BCUT2D eigenvalue weighted by Crippen LogP contribution is -2.60. The van der Waals surface area contributed by atoms with Gasteiger partial charge >= 0.3 is 0 Å². The van der Waals surface area contributed by atoms with E-state index in [9.17, 15) is 0 Å². The van der Waals surface area contributed by atoms with Gasteiger partial charge in [-0.25, -0.2) is 0 Å². The minimum atomic E-state index is -0.252. The molecule has 0 saturated heterocycles. The molecule has 0 atom stereocenters. The second-order valence-electron chi connectivity index (χ2n) is 43.5. The summed E-state index contributed by atoms with van der Waals surface area (Å²) in [5.74, 6) is 0. The van der Waals surface area contributed by atoms with E-state index >= 15 is 0 Å². The van der Waals surface area contributed by atoms with Gasteiger partial charge in [0.25, 0.3) is 0 Å². The molecular formula is C104H118B2N2. The van der Waals surface area contributed by atoms with Gasteiger partial charge in [-0.2, -0.15) is 0 Å². The van der Waals surface area contributed by atoms with Gasteiger partial charge in [-0.05, 0) is 269 Å². The molecule has 108 heavy (non-hydrogen) atoms. The average Bonchev–Trinajstić information content (AvgIpc) is 0.660. The van der Waals surface area contributed by atoms with E-state index in [1.54, 1.807) is 0 Å². The molecule has 0 amide bonds. The Morgan fingerprint density at radius 2 is 0.491 bits per heavy atom. The van der Waals surface area contributed by atoms with Crippen molar-refractivity contribution < 1.29 is 0 Å². The summed E-state index contributed by atoms with van der Waals surface area (Å²) in [6.07, 6.45) is 0. The van der Waals surface area contributed by atoms with Crippen LogP contribution >= 0.6 is 0 Å². The van der Waals surface area contributed by atoms with Crippen LogP contribution in [-0.4, -0.2) is 13.4 Å². The zero-order valence-electron chi connectivity index (χ0n) is 71.2.